The largest absolute Gasteiger partial charge is 0.452 e. The summed E-state index contributed by atoms with van der Waals surface area (Å²) in [7, 11) is 0. The van der Waals surface area contributed by atoms with Crippen LogP contribution in [0.4, 0.5) is 5.69 Å². The number of aryl methyl sites for hydroxylation is 1. The van der Waals surface area contributed by atoms with Crippen LogP contribution in [0.15, 0.2) is 21.3 Å². The van der Waals surface area contributed by atoms with E-state index in [-0.39, 0.29) is 46.1 Å². The number of Topliss-reactive ketones (excluding diaryl/α,β-unsaturated/α-hetero) is 2. The second-order valence-corrected chi connectivity index (χ2v) is 8.02. The lowest BCUT2D eigenvalue weighted by molar-refractivity contribution is 0.0961. The fraction of sp³-hybridized carbons (Fsp3) is 0.364. The van der Waals surface area contributed by atoms with Crippen molar-refractivity contribution in [3.8, 4) is 11.5 Å². The molecule has 0 amide bonds. The molecule has 0 unspecified atom stereocenters. The molecule has 4 aliphatic rings. The van der Waals surface area contributed by atoms with E-state index in [1.807, 2.05) is 13.0 Å². The molecule has 0 spiro atoms. The summed E-state index contributed by atoms with van der Waals surface area (Å²) in [5.41, 5.74) is 8.57. The fourth-order valence-electron chi connectivity index (χ4n) is 3.76. The van der Waals surface area contributed by atoms with Gasteiger partial charge in [-0.3, -0.25) is 14.4 Å². The smallest absolute Gasteiger partial charge is 0.208 e. The normalized spacial score (nSPS) is 16.6. The Bertz CT molecular complexity index is 1220. The lowest BCUT2D eigenvalue weighted by atomic mass is 9.95. The highest BCUT2D eigenvalue weighted by Gasteiger charge is 2.37. The standard InChI is InChI=1S/C22H20N2O4/c1-9-3-8-13(19(26)11-4-5-11)16-21(9)28-22-10(2)18(25)15(23)14(17(22)24-16)20(27)12-6-7-12/h3,8,11-12H,4-7,23H2,1-2H3. The highest BCUT2D eigenvalue weighted by atomic mass is 16.3. The molecular weight excluding hydrogens is 356 g/mol. The van der Waals surface area contributed by atoms with Crippen molar-refractivity contribution >= 4 is 28.4 Å². The van der Waals surface area contributed by atoms with Crippen LogP contribution in [0.1, 0.15) is 57.5 Å². The number of hydrogen-bond donors (Lipinski definition) is 1. The van der Waals surface area contributed by atoms with Crippen LogP contribution in [-0.4, -0.2) is 16.6 Å². The molecule has 1 aromatic rings. The van der Waals surface area contributed by atoms with Gasteiger partial charge in [0.15, 0.2) is 22.9 Å². The van der Waals surface area contributed by atoms with E-state index < -0.39 is 5.43 Å². The monoisotopic (exact) mass is 376 g/mol. The molecule has 2 N–H and O–H groups in total. The third kappa shape index (κ3) is 2.40. The van der Waals surface area contributed by atoms with Gasteiger partial charge in [0, 0.05) is 23.0 Å². The van der Waals surface area contributed by atoms with Crippen molar-refractivity contribution in [1.82, 2.24) is 4.98 Å². The maximum absolute atomic E-state index is 12.9. The van der Waals surface area contributed by atoms with Crippen molar-refractivity contribution in [1.29, 1.82) is 0 Å². The number of ketones is 2. The minimum atomic E-state index is -0.399. The molecule has 2 fully saturated rings. The van der Waals surface area contributed by atoms with E-state index in [9.17, 15) is 14.4 Å². The molecule has 0 aromatic heterocycles. The van der Waals surface area contributed by atoms with E-state index in [0.717, 1.165) is 31.2 Å². The predicted molar refractivity (Wildman–Crippen MR) is 105 cm³/mol. The number of nitrogen functional groups attached to an aromatic ring is 1. The zero-order chi connectivity index (χ0) is 19.7. The molecule has 1 heterocycles. The molecule has 6 heteroatoms. The van der Waals surface area contributed by atoms with Gasteiger partial charge in [-0.15, -0.1) is 0 Å². The van der Waals surface area contributed by atoms with E-state index in [4.69, 9.17) is 15.1 Å². The van der Waals surface area contributed by atoms with E-state index in [1.54, 1.807) is 13.0 Å². The van der Waals surface area contributed by atoms with Crippen LogP contribution in [0.25, 0.3) is 22.6 Å². The highest BCUT2D eigenvalue weighted by molar-refractivity contribution is 6.11. The topological polar surface area (TPSA) is 103 Å². The third-order valence-corrected chi connectivity index (χ3v) is 5.81. The predicted octanol–water partition coefficient (Wildman–Crippen LogP) is 3.68. The third-order valence-electron chi connectivity index (χ3n) is 5.81. The number of rotatable bonds is 4. The Morgan fingerprint density at radius 3 is 2.36 bits per heavy atom. The summed E-state index contributed by atoms with van der Waals surface area (Å²) in [5.74, 6) is 0.0772. The number of nitrogens with zero attached hydrogens (tertiary/aromatic N) is 1. The molecule has 2 saturated carbocycles. The first-order valence-corrected chi connectivity index (χ1v) is 9.63. The average Bonchev–Trinajstić information content (AvgIpc) is 3.57. The van der Waals surface area contributed by atoms with Gasteiger partial charge < -0.3 is 10.2 Å². The van der Waals surface area contributed by atoms with Gasteiger partial charge in [-0.2, -0.15) is 0 Å². The maximum atomic E-state index is 12.9. The maximum Gasteiger partial charge on any atom is 0.208 e. The van der Waals surface area contributed by atoms with Gasteiger partial charge in [-0.25, -0.2) is 4.98 Å². The highest BCUT2D eigenvalue weighted by Crippen LogP contribution is 2.41. The average molecular weight is 376 g/mol. The lowest BCUT2D eigenvalue weighted by Gasteiger charge is -2.16. The number of fused-ring (bicyclic) bond motifs is 2. The number of carbonyl (C=O) groups is 2. The first kappa shape index (κ1) is 17.1. The van der Waals surface area contributed by atoms with Gasteiger partial charge in [0.05, 0.1) is 11.3 Å². The molecule has 0 atom stereocenters. The van der Waals surface area contributed by atoms with Gasteiger partial charge in [0.25, 0.3) is 0 Å². The summed E-state index contributed by atoms with van der Waals surface area (Å²) in [6.07, 6.45) is 3.35. The second kappa shape index (κ2) is 5.74. The van der Waals surface area contributed by atoms with Gasteiger partial charge in [0.2, 0.25) is 5.43 Å². The molecule has 5 rings (SSSR count). The Morgan fingerprint density at radius 2 is 1.71 bits per heavy atom. The Kier molecular flexibility index (Phi) is 3.50. The Balaban J connectivity index is 1.89. The van der Waals surface area contributed by atoms with E-state index in [0.29, 0.717) is 22.2 Å². The lowest BCUT2D eigenvalue weighted by Crippen LogP contribution is -2.21. The SMILES string of the molecule is Cc1c2oc3c(C)ccc(C(=O)C4CC4)c3nc-2c(C(=O)C2CC2)c(N)c1=O. The molecule has 0 radical (unpaired) electrons. The Morgan fingerprint density at radius 1 is 1.07 bits per heavy atom. The van der Waals surface area contributed by atoms with Crippen LogP contribution >= 0.6 is 0 Å². The van der Waals surface area contributed by atoms with Crippen LogP contribution in [0.5, 0.6) is 0 Å². The van der Waals surface area contributed by atoms with Crippen molar-refractivity contribution in [2.75, 3.05) is 5.73 Å². The number of nitrogens with two attached hydrogens (primary N) is 1. The van der Waals surface area contributed by atoms with Crippen molar-refractivity contribution < 1.29 is 14.0 Å². The minimum Gasteiger partial charge on any atom is -0.452 e. The van der Waals surface area contributed by atoms with Crippen molar-refractivity contribution in [2.24, 2.45) is 11.8 Å². The Labute approximate surface area is 161 Å². The van der Waals surface area contributed by atoms with Crippen LogP contribution in [0.3, 0.4) is 0 Å². The van der Waals surface area contributed by atoms with E-state index >= 15 is 0 Å². The summed E-state index contributed by atoms with van der Waals surface area (Å²) in [4.78, 5) is 43.0. The van der Waals surface area contributed by atoms with Gasteiger partial charge in [0.1, 0.15) is 11.2 Å². The van der Waals surface area contributed by atoms with Crippen LogP contribution in [-0.2, 0) is 0 Å². The van der Waals surface area contributed by atoms with E-state index in [1.165, 1.54) is 0 Å². The number of anilines is 1. The molecule has 142 valence electrons. The number of aromatic nitrogens is 1. The van der Waals surface area contributed by atoms with Crippen LogP contribution < -0.4 is 11.2 Å². The molecule has 0 saturated heterocycles. The summed E-state index contributed by atoms with van der Waals surface area (Å²) >= 11 is 0. The van der Waals surface area contributed by atoms with Crippen molar-refractivity contribution in [3.63, 3.8) is 0 Å². The number of hydrogen-bond acceptors (Lipinski definition) is 6. The molecule has 0 bridgehead atoms. The molecule has 6 nitrogen and oxygen atoms in total. The summed E-state index contributed by atoms with van der Waals surface area (Å²) in [6.45, 7) is 3.49. The molecule has 1 aromatic carbocycles. The first-order valence-electron chi connectivity index (χ1n) is 9.63. The summed E-state index contributed by atoms with van der Waals surface area (Å²) in [6, 6.07) is 3.60. The molecule has 1 aliphatic heterocycles. The second-order valence-electron chi connectivity index (χ2n) is 8.02. The quantitative estimate of drug-likeness (QED) is 0.423. The summed E-state index contributed by atoms with van der Waals surface area (Å²) < 4.78 is 6.10. The van der Waals surface area contributed by atoms with Gasteiger partial charge in [-0.05, 0) is 51.2 Å². The zero-order valence-electron chi connectivity index (χ0n) is 15.8. The molecule has 28 heavy (non-hydrogen) atoms. The van der Waals surface area contributed by atoms with Gasteiger partial charge in [-0.1, -0.05) is 6.07 Å². The van der Waals surface area contributed by atoms with Crippen LogP contribution in [0, 0.1) is 25.7 Å². The number of benzene rings is 2. The summed E-state index contributed by atoms with van der Waals surface area (Å²) in [5, 5.41) is 0. The number of carbonyl (C=O) groups excluding carboxylic acids is 2. The zero-order valence-corrected chi connectivity index (χ0v) is 15.8. The van der Waals surface area contributed by atoms with Crippen molar-refractivity contribution in [2.45, 2.75) is 39.5 Å². The van der Waals surface area contributed by atoms with E-state index in [2.05, 4.69) is 0 Å². The van der Waals surface area contributed by atoms with Gasteiger partial charge >= 0.3 is 0 Å². The van der Waals surface area contributed by atoms with Crippen molar-refractivity contribution in [3.05, 3.63) is 44.6 Å². The van der Waals surface area contributed by atoms with Crippen LogP contribution in [0.2, 0.25) is 0 Å². The Hall–Kier alpha value is -3.02. The molecular formula is C22H20N2O4. The molecule has 3 aliphatic carbocycles. The fourth-order valence-corrected chi connectivity index (χ4v) is 3.76. The minimum absolute atomic E-state index is 0.0341. The first-order chi connectivity index (χ1) is 13.4.